The van der Waals surface area contributed by atoms with Gasteiger partial charge < -0.3 is 10.6 Å². The summed E-state index contributed by atoms with van der Waals surface area (Å²) in [4.78, 5) is 10.8. The summed E-state index contributed by atoms with van der Waals surface area (Å²) < 4.78 is 0. The van der Waals surface area contributed by atoms with Crippen LogP contribution < -0.4 is 5.73 Å². The molecule has 6 heteroatoms. The predicted molar refractivity (Wildman–Crippen MR) is 101 cm³/mol. The number of hydrogen-bond donors (Lipinski definition) is 1. The highest BCUT2D eigenvalue weighted by Crippen LogP contribution is 2.26. The third kappa shape index (κ3) is 4.10. The number of hydrogen-bond acceptors (Lipinski definition) is 3. The number of rotatable bonds is 4. The molecule has 2 aliphatic rings. The van der Waals surface area contributed by atoms with Gasteiger partial charge in [-0.1, -0.05) is 0 Å². The minimum Gasteiger partial charge on any atom is -0.370 e. The normalized spacial score (nSPS) is 20.6. The van der Waals surface area contributed by atoms with Gasteiger partial charge in [-0.25, -0.2) is 0 Å². The maximum atomic E-state index is 6.06. The SMILES string of the molecule is CC(CN=C(N)N(C)C1CC1)N1CCc2sccc2C1.I. The standard InChI is InChI=1S/C15H24N4S.HI/c1-11(9-17-15(16)18(2)13-3-4-13)19-7-5-14-12(10-19)6-8-20-14;/h6,8,11,13H,3-5,7,9-10H2,1-2H3,(H2,16,17);1H. The molecule has 118 valence electrons. The van der Waals surface area contributed by atoms with E-state index in [1.165, 1.54) is 24.8 Å². The number of nitrogens with two attached hydrogens (primary N) is 1. The highest BCUT2D eigenvalue weighted by molar-refractivity contribution is 14.0. The summed E-state index contributed by atoms with van der Waals surface area (Å²) in [6.45, 7) is 5.25. The van der Waals surface area contributed by atoms with E-state index in [-0.39, 0.29) is 24.0 Å². The van der Waals surface area contributed by atoms with Crippen molar-refractivity contribution in [3.8, 4) is 0 Å². The van der Waals surface area contributed by atoms with Crippen LogP contribution in [0, 0.1) is 0 Å². The fourth-order valence-electron chi connectivity index (χ4n) is 2.75. The molecule has 2 heterocycles. The van der Waals surface area contributed by atoms with Gasteiger partial charge in [0, 0.05) is 37.1 Å². The van der Waals surface area contributed by atoms with Crippen molar-refractivity contribution >= 4 is 41.3 Å². The van der Waals surface area contributed by atoms with Gasteiger partial charge in [-0.3, -0.25) is 9.89 Å². The first-order valence-corrected chi connectivity index (χ1v) is 8.35. The van der Waals surface area contributed by atoms with Gasteiger partial charge in [0.1, 0.15) is 0 Å². The van der Waals surface area contributed by atoms with E-state index in [1.54, 1.807) is 4.88 Å². The Morgan fingerprint density at radius 1 is 1.57 bits per heavy atom. The average molecular weight is 420 g/mol. The molecule has 1 aromatic rings. The summed E-state index contributed by atoms with van der Waals surface area (Å²) in [6.07, 6.45) is 3.70. The summed E-state index contributed by atoms with van der Waals surface area (Å²) in [5.74, 6) is 0.701. The van der Waals surface area contributed by atoms with E-state index >= 15 is 0 Å². The first-order chi connectivity index (χ1) is 9.65. The topological polar surface area (TPSA) is 44.9 Å². The van der Waals surface area contributed by atoms with Gasteiger partial charge in [0.25, 0.3) is 0 Å². The van der Waals surface area contributed by atoms with Gasteiger partial charge in [-0.15, -0.1) is 35.3 Å². The zero-order valence-electron chi connectivity index (χ0n) is 12.8. The molecule has 0 radical (unpaired) electrons. The number of halogens is 1. The highest BCUT2D eigenvalue weighted by Gasteiger charge is 2.27. The van der Waals surface area contributed by atoms with Crippen molar-refractivity contribution in [2.45, 2.75) is 44.8 Å². The number of fused-ring (bicyclic) bond motifs is 1. The van der Waals surface area contributed by atoms with Gasteiger partial charge >= 0.3 is 0 Å². The van der Waals surface area contributed by atoms with Crippen LogP contribution in [0.2, 0.25) is 0 Å². The lowest BCUT2D eigenvalue weighted by Gasteiger charge is -2.31. The van der Waals surface area contributed by atoms with Gasteiger partial charge in [-0.05, 0) is 43.2 Å². The Morgan fingerprint density at radius 2 is 2.33 bits per heavy atom. The third-order valence-corrected chi connectivity index (χ3v) is 5.46. The molecule has 1 unspecified atom stereocenters. The molecule has 21 heavy (non-hydrogen) atoms. The summed E-state index contributed by atoms with van der Waals surface area (Å²) in [5.41, 5.74) is 7.56. The van der Waals surface area contributed by atoms with E-state index in [4.69, 9.17) is 5.73 Å². The Morgan fingerprint density at radius 3 is 3.05 bits per heavy atom. The first-order valence-electron chi connectivity index (χ1n) is 7.47. The van der Waals surface area contributed by atoms with E-state index in [2.05, 4.69) is 40.2 Å². The summed E-state index contributed by atoms with van der Waals surface area (Å²) >= 11 is 1.89. The molecule has 0 aromatic carbocycles. The Bertz CT molecular complexity index is 498. The monoisotopic (exact) mass is 420 g/mol. The lowest BCUT2D eigenvalue weighted by Crippen LogP contribution is -2.40. The van der Waals surface area contributed by atoms with Crippen LogP contribution in [-0.4, -0.2) is 48.0 Å². The number of aliphatic imine (C=N–C) groups is 1. The molecule has 0 saturated heterocycles. The van der Waals surface area contributed by atoms with Gasteiger partial charge in [-0.2, -0.15) is 0 Å². The molecular weight excluding hydrogens is 395 g/mol. The molecular formula is C15H25IN4S. The van der Waals surface area contributed by atoms with Crippen LogP contribution in [0.5, 0.6) is 0 Å². The van der Waals surface area contributed by atoms with Crippen LogP contribution in [0.15, 0.2) is 16.4 Å². The second kappa shape index (κ2) is 7.28. The Labute approximate surface area is 148 Å². The van der Waals surface area contributed by atoms with Crippen LogP contribution in [0.3, 0.4) is 0 Å². The molecule has 3 rings (SSSR count). The minimum atomic E-state index is 0. The van der Waals surface area contributed by atoms with Crippen molar-refractivity contribution in [1.82, 2.24) is 9.80 Å². The molecule has 1 fully saturated rings. The van der Waals surface area contributed by atoms with Crippen LogP contribution in [0.25, 0.3) is 0 Å². The van der Waals surface area contributed by atoms with Gasteiger partial charge in [0.2, 0.25) is 0 Å². The van der Waals surface area contributed by atoms with Gasteiger partial charge in [0.05, 0.1) is 6.54 Å². The average Bonchev–Trinajstić information content (AvgIpc) is 3.20. The van der Waals surface area contributed by atoms with Crippen LogP contribution in [-0.2, 0) is 13.0 Å². The largest absolute Gasteiger partial charge is 0.370 e. The molecule has 0 spiro atoms. The predicted octanol–water partition coefficient (Wildman–Crippen LogP) is 2.52. The fourth-order valence-corrected chi connectivity index (χ4v) is 3.64. The molecule has 0 bridgehead atoms. The fraction of sp³-hybridized carbons (Fsp3) is 0.667. The number of guanidine groups is 1. The summed E-state index contributed by atoms with van der Waals surface area (Å²) in [7, 11) is 2.06. The number of nitrogens with zero attached hydrogens (tertiary/aromatic N) is 3. The smallest absolute Gasteiger partial charge is 0.191 e. The zero-order valence-corrected chi connectivity index (χ0v) is 15.9. The van der Waals surface area contributed by atoms with Crippen molar-refractivity contribution in [3.05, 3.63) is 21.9 Å². The lowest BCUT2D eigenvalue weighted by molar-refractivity contribution is 0.196. The maximum absolute atomic E-state index is 6.06. The van der Waals surface area contributed by atoms with Gasteiger partial charge in [0.15, 0.2) is 5.96 Å². The highest BCUT2D eigenvalue weighted by atomic mass is 127. The van der Waals surface area contributed by atoms with Crippen LogP contribution in [0.4, 0.5) is 0 Å². The molecule has 1 aromatic heterocycles. The minimum absolute atomic E-state index is 0. The van der Waals surface area contributed by atoms with Crippen molar-refractivity contribution in [2.75, 3.05) is 20.1 Å². The molecule has 1 saturated carbocycles. The van der Waals surface area contributed by atoms with Crippen molar-refractivity contribution < 1.29 is 0 Å². The van der Waals surface area contributed by atoms with E-state index in [0.717, 1.165) is 19.6 Å². The van der Waals surface area contributed by atoms with E-state index < -0.39 is 0 Å². The third-order valence-electron chi connectivity index (χ3n) is 4.43. The van der Waals surface area contributed by atoms with E-state index in [0.29, 0.717) is 18.0 Å². The molecule has 1 atom stereocenters. The zero-order chi connectivity index (χ0) is 14.1. The van der Waals surface area contributed by atoms with E-state index in [9.17, 15) is 0 Å². The Balaban J connectivity index is 0.00000161. The maximum Gasteiger partial charge on any atom is 0.191 e. The van der Waals surface area contributed by atoms with Crippen LogP contribution >= 0.6 is 35.3 Å². The van der Waals surface area contributed by atoms with E-state index in [1.807, 2.05) is 11.3 Å². The molecule has 1 aliphatic heterocycles. The van der Waals surface area contributed by atoms with Crippen molar-refractivity contribution in [1.29, 1.82) is 0 Å². The Hall–Kier alpha value is -0.340. The number of thiophene rings is 1. The Kier molecular flexibility index (Phi) is 5.90. The second-order valence-corrected chi connectivity index (χ2v) is 6.98. The molecule has 2 N–H and O–H groups in total. The van der Waals surface area contributed by atoms with Crippen molar-refractivity contribution in [3.63, 3.8) is 0 Å². The van der Waals surface area contributed by atoms with Crippen molar-refractivity contribution in [2.24, 2.45) is 10.7 Å². The second-order valence-electron chi connectivity index (χ2n) is 5.98. The summed E-state index contributed by atoms with van der Waals surface area (Å²) in [5, 5.41) is 2.21. The summed E-state index contributed by atoms with van der Waals surface area (Å²) in [6, 6.07) is 3.35. The van der Waals surface area contributed by atoms with Crippen LogP contribution in [0.1, 0.15) is 30.2 Å². The quantitative estimate of drug-likeness (QED) is 0.463. The molecule has 0 amide bonds. The lowest BCUT2D eigenvalue weighted by atomic mass is 10.1. The molecule has 1 aliphatic carbocycles. The molecule has 4 nitrogen and oxygen atoms in total. The first kappa shape index (κ1) is 17.0.